The second-order valence-corrected chi connectivity index (χ2v) is 6.31. The van der Waals surface area contributed by atoms with Crippen molar-refractivity contribution in [3.8, 4) is 0 Å². The molecule has 2 aromatic carbocycles. The van der Waals surface area contributed by atoms with E-state index in [1.54, 1.807) is 18.2 Å². The van der Waals surface area contributed by atoms with Crippen LogP contribution in [0.2, 0.25) is 0 Å². The van der Waals surface area contributed by atoms with Crippen molar-refractivity contribution in [1.82, 2.24) is 0 Å². The summed E-state index contributed by atoms with van der Waals surface area (Å²) in [4.78, 5) is 9.98. The van der Waals surface area contributed by atoms with Crippen molar-refractivity contribution in [3.05, 3.63) is 59.7 Å². The van der Waals surface area contributed by atoms with Crippen LogP contribution in [-0.2, 0) is 10.0 Å². The minimum atomic E-state index is -4.37. The fourth-order valence-corrected chi connectivity index (χ4v) is 3.08. The second-order valence-electron chi connectivity index (χ2n) is 4.38. The van der Waals surface area contributed by atoms with Crippen LogP contribution in [0.3, 0.4) is 0 Å². The summed E-state index contributed by atoms with van der Waals surface area (Å²) >= 11 is 0. The molecule has 0 atom stereocenters. The highest BCUT2D eigenvalue weighted by Gasteiger charge is 2.28. The SMILES string of the molecule is CN(c1ccccc1)S(=O)(=O)c1cc(C(=O)O)c(F)cc1F. The molecular weight excluding hydrogens is 316 g/mol. The molecule has 2 aromatic rings. The lowest BCUT2D eigenvalue weighted by Crippen LogP contribution is -2.27. The highest BCUT2D eigenvalue weighted by Crippen LogP contribution is 2.25. The van der Waals surface area contributed by atoms with Gasteiger partial charge in [-0.15, -0.1) is 0 Å². The molecule has 22 heavy (non-hydrogen) atoms. The number of carboxylic acid groups (broad SMARTS) is 1. The predicted molar refractivity (Wildman–Crippen MR) is 75.3 cm³/mol. The molecule has 0 fully saturated rings. The standard InChI is InChI=1S/C14H11F2NO4S/c1-17(9-5-3-2-4-6-9)22(20,21)13-7-10(14(18)19)11(15)8-12(13)16/h2-8H,1H3,(H,18,19). The molecule has 5 nitrogen and oxygen atoms in total. The van der Waals surface area contributed by atoms with E-state index in [2.05, 4.69) is 0 Å². The zero-order chi connectivity index (χ0) is 16.5. The van der Waals surface area contributed by atoms with E-state index in [9.17, 15) is 22.0 Å². The van der Waals surface area contributed by atoms with Crippen LogP contribution in [0.1, 0.15) is 10.4 Å². The number of anilines is 1. The Labute approximate surface area is 125 Å². The summed E-state index contributed by atoms with van der Waals surface area (Å²) in [5.41, 5.74) is -0.662. The Morgan fingerprint density at radius 3 is 2.23 bits per heavy atom. The van der Waals surface area contributed by atoms with Crippen LogP contribution in [0.15, 0.2) is 47.4 Å². The van der Waals surface area contributed by atoms with Crippen molar-refractivity contribution < 1.29 is 27.1 Å². The zero-order valence-electron chi connectivity index (χ0n) is 11.3. The van der Waals surface area contributed by atoms with Gasteiger partial charge >= 0.3 is 5.97 Å². The van der Waals surface area contributed by atoms with E-state index in [4.69, 9.17) is 5.11 Å². The Hall–Kier alpha value is -2.48. The highest BCUT2D eigenvalue weighted by atomic mass is 32.2. The molecule has 0 aliphatic rings. The van der Waals surface area contributed by atoms with Gasteiger partial charge in [0.25, 0.3) is 10.0 Å². The molecule has 0 saturated heterocycles. The summed E-state index contributed by atoms with van der Waals surface area (Å²) < 4.78 is 52.8. The quantitative estimate of drug-likeness (QED) is 0.936. The molecule has 0 heterocycles. The second kappa shape index (κ2) is 5.72. The normalized spacial score (nSPS) is 11.2. The monoisotopic (exact) mass is 327 g/mol. The van der Waals surface area contributed by atoms with Crippen LogP contribution in [0.25, 0.3) is 0 Å². The van der Waals surface area contributed by atoms with E-state index in [0.717, 1.165) is 4.31 Å². The van der Waals surface area contributed by atoms with Crippen molar-refractivity contribution >= 4 is 21.7 Å². The third-order valence-corrected chi connectivity index (χ3v) is 4.81. The van der Waals surface area contributed by atoms with Crippen LogP contribution < -0.4 is 4.31 Å². The Morgan fingerprint density at radius 1 is 1.09 bits per heavy atom. The number of para-hydroxylation sites is 1. The van der Waals surface area contributed by atoms with Crippen LogP contribution >= 0.6 is 0 Å². The maximum atomic E-state index is 13.8. The number of hydrogen-bond donors (Lipinski definition) is 1. The van der Waals surface area contributed by atoms with Gasteiger partial charge in [0.1, 0.15) is 16.5 Å². The lowest BCUT2D eigenvalue weighted by atomic mass is 10.2. The number of halogens is 2. The summed E-state index contributed by atoms with van der Waals surface area (Å²) in [7, 11) is -3.18. The Kier molecular flexibility index (Phi) is 4.14. The van der Waals surface area contributed by atoms with Gasteiger partial charge < -0.3 is 5.11 Å². The minimum absolute atomic E-state index is 0.245. The number of benzene rings is 2. The molecule has 0 aliphatic heterocycles. The van der Waals surface area contributed by atoms with Crippen LogP contribution in [0.5, 0.6) is 0 Å². The number of aromatic carboxylic acids is 1. The van der Waals surface area contributed by atoms with Gasteiger partial charge in [-0.2, -0.15) is 0 Å². The summed E-state index contributed by atoms with van der Waals surface area (Å²) in [5.74, 6) is -4.38. The molecule has 0 aromatic heterocycles. The van der Waals surface area contributed by atoms with Gasteiger partial charge in [-0.1, -0.05) is 18.2 Å². The first kappa shape index (κ1) is 15.9. The van der Waals surface area contributed by atoms with Gasteiger partial charge in [0.15, 0.2) is 0 Å². The van der Waals surface area contributed by atoms with Gasteiger partial charge in [-0.25, -0.2) is 22.0 Å². The first-order chi connectivity index (χ1) is 10.2. The fourth-order valence-electron chi connectivity index (χ4n) is 1.81. The van der Waals surface area contributed by atoms with E-state index in [1.165, 1.54) is 19.2 Å². The van der Waals surface area contributed by atoms with Crippen molar-refractivity contribution in [3.63, 3.8) is 0 Å². The lowest BCUT2D eigenvalue weighted by Gasteiger charge is -2.20. The number of carbonyl (C=O) groups is 1. The molecular formula is C14H11F2NO4S. The summed E-state index contributed by atoms with van der Waals surface area (Å²) in [6.07, 6.45) is 0. The van der Waals surface area contributed by atoms with Gasteiger partial charge in [-0.3, -0.25) is 4.31 Å². The molecule has 0 aliphatic carbocycles. The third kappa shape index (κ3) is 2.77. The number of nitrogens with zero attached hydrogens (tertiary/aromatic N) is 1. The summed E-state index contributed by atoms with van der Waals surface area (Å²) in [6, 6.07) is 8.53. The highest BCUT2D eigenvalue weighted by molar-refractivity contribution is 7.92. The molecule has 0 saturated carbocycles. The minimum Gasteiger partial charge on any atom is -0.478 e. The molecule has 0 amide bonds. The fraction of sp³-hybridized carbons (Fsp3) is 0.0714. The van der Waals surface area contributed by atoms with Gasteiger partial charge in [-0.05, 0) is 18.2 Å². The first-order valence-corrected chi connectivity index (χ1v) is 7.45. The maximum Gasteiger partial charge on any atom is 0.338 e. The van der Waals surface area contributed by atoms with Crippen molar-refractivity contribution in [2.75, 3.05) is 11.4 Å². The molecule has 2 rings (SSSR count). The lowest BCUT2D eigenvalue weighted by molar-refractivity contribution is 0.0691. The zero-order valence-corrected chi connectivity index (χ0v) is 12.1. The largest absolute Gasteiger partial charge is 0.478 e. The van der Waals surface area contributed by atoms with Crippen LogP contribution in [0.4, 0.5) is 14.5 Å². The molecule has 8 heteroatoms. The Morgan fingerprint density at radius 2 is 1.68 bits per heavy atom. The van der Waals surface area contributed by atoms with Crippen LogP contribution in [-0.4, -0.2) is 26.5 Å². The average Bonchev–Trinajstić information content (AvgIpc) is 2.46. The number of hydrogen-bond acceptors (Lipinski definition) is 3. The van der Waals surface area contributed by atoms with E-state index in [0.29, 0.717) is 6.07 Å². The first-order valence-electron chi connectivity index (χ1n) is 6.01. The Bertz CT molecular complexity index is 822. The van der Waals surface area contributed by atoms with Gasteiger partial charge in [0.05, 0.1) is 11.3 Å². The maximum absolute atomic E-state index is 13.8. The number of carboxylic acids is 1. The molecule has 0 bridgehead atoms. The topological polar surface area (TPSA) is 74.7 Å². The van der Waals surface area contributed by atoms with Crippen molar-refractivity contribution in [2.45, 2.75) is 4.90 Å². The van der Waals surface area contributed by atoms with E-state index in [-0.39, 0.29) is 11.8 Å². The number of rotatable bonds is 4. The van der Waals surface area contributed by atoms with E-state index in [1.807, 2.05) is 0 Å². The van der Waals surface area contributed by atoms with Crippen LogP contribution in [0, 0.1) is 11.6 Å². The smallest absolute Gasteiger partial charge is 0.338 e. The van der Waals surface area contributed by atoms with Gasteiger partial charge in [0.2, 0.25) is 0 Å². The van der Waals surface area contributed by atoms with E-state index < -0.39 is 38.1 Å². The number of sulfonamides is 1. The third-order valence-electron chi connectivity index (χ3n) is 3.01. The van der Waals surface area contributed by atoms with Gasteiger partial charge in [0, 0.05) is 13.1 Å². The van der Waals surface area contributed by atoms with Crippen molar-refractivity contribution in [1.29, 1.82) is 0 Å². The van der Waals surface area contributed by atoms with E-state index >= 15 is 0 Å². The molecule has 0 unspecified atom stereocenters. The molecule has 0 spiro atoms. The molecule has 0 radical (unpaired) electrons. The molecule has 1 N–H and O–H groups in total. The summed E-state index contributed by atoms with van der Waals surface area (Å²) in [5, 5.41) is 8.83. The van der Waals surface area contributed by atoms with Crippen molar-refractivity contribution in [2.24, 2.45) is 0 Å². The predicted octanol–water partition coefficient (Wildman–Crippen LogP) is 2.49. The average molecular weight is 327 g/mol. The Balaban J connectivity index is 2.59. The molecule has 116 valence electrons. The summed E-state index contributed by atoms with van der Waals surface area (Å²) in [6.45, 7) is 0.